The van der Waals surface area contributed by atoms with Gasteiger partial charge in [0.25, 0.3) is 0 Å². The first-order chi connectivity index (χ1) is 8.63. The van der Waals surface area contributed by atoms with Gasteiger partial charge in [-0.25, -0.2) is 9.97 Å². The lowest BCUT2D eigenvalue weighted by Gasteiger charge is -2.07. The normalized spacial score (nSPS) is 10.2. The molecule has 0 spiro atoms. The van der Waals surface area contributed by atoms with E-state index in [2.05, 4.69) is 9.97 Å². The maximum absolute atomic E-state index is 10.8. The molecule has 1 aromatic carbocycles. The number of carbonyl (C=O) groups excluding carboxylic acids is 1. The van der Waals surface area contributed by atoms with Crippen LogP contribution in [0.4, 0.5) is 0 Å². The minimum atomic E-state index is 0.394. The molecular weight excluding hydrogens is 228 g/mol. The molecule has 0 atom stereocenters. The molecule has 0 N–H and O–H groups in total. The summed E-state index contributed by atoms with van der Waals surface area (Å²) in [6.45, 7) is 3.80. The van der Waals surface area contributed by atoms with Gasteiger partial charge in [0.2, 0.25) is 0 Å². The zero-order valence-electron chi connectivity index (χ0n) is 10.6. The monoisotopic (exact) mass is 242 g/mol. The predicted octanol–water partition coefficient (Wildman–Crippen LogP) is 2.58. The van der Waals surface area contributed by atoms with Crippen molar-refractivity contribution in [1.82, 2.24) is 9.97 Å². The van der Waals surface area contributed by atoms with Crippen LogP contribution in [0.15, 0.2) is 24.3 Å². The van der Waals surface area contributed by atoms with Crippen LogP contribution in [-0.2, 0) is 0 Å². The fraction of sp³-hybridized carbons (Fsp3) is 0.214. The average Bonchev–Trinajstić information content (AvgIpc) is 2.37. The zero-order chi connectivity index (χ0) is 13.1. The number of aldehydes is 1. The molecule has 0 saturated heterocycles. The SMILES string of the molecule is COc1ccc(-c2nc(C)cc(C=O)n2)cc1C. The Balaban J connectivity index is 2.51. The van der Waals surface area contributed by atoms with Gasteiger partial charge in [0.1, 0.15) is 11.4 Å². The predicted molar refractivity (Wildman–Crippen MR) is 68.9 cm³/mol. The molecule has 0 aliphatic rings. The van der Waals surface area contributed by atoms with E-state index < -0.39 is 0 Å². The Morgan fingerprint density at radius 3 is 2.56 bits per heavy atom. The van der Waals surface area contributed by atoms with Crippen LogP contribution in [0.3, 0.4) is 0 Å². The molecule has 0 bridgehead atoms. The standard InChI is InChI=1S/C14H14N2O2/c1-9-6-11(4-5-13(9)18-3)14-15-10(2)7-12(8-17)16-14/h4-8H,1-3H3. The highest BCUT2D eigenvalue weighted by Gasteiger charge is 2.07. The second-order valence-electron chi connectivity index (χ2n) is 4.06. The van der Waals surface area contributed by atoms with Crippen LogP contribution < -0.4 is 4.74 Å². The number of rotatable bonds is 3. The Morgan fingerprint density at radius 2 is 1.94 bits per heavy atom. The fourth-order valence-electron chi connectivity index (χ4n) is 1.80. The quantitative estimate of drug-likeness (QED) is 0.776. The number of hydrogen-bond donors (Lipinski definition) is 0. The van der Waals surface area contributed by atoms with Crippen molar-refractivity contribution in [2.45, 2.75) is 13.8 Å². The molecule has 0 fully saturated rings. The molecule has 92 valence electrons. The van der Waals surface area contributed by atoms with Crippen LogP contribution in [0.5, 0.6) is 5.75 Å². The molecule has 18 heavy (non-hydrogen) atoms. The summed E-state index contributed by atoms with van der Waals surface area (Å²) in [4.78, 5) is 19.3. The molecule has 2 rings (SSSR count). The Kier molecular flexibility index (Phi) is 3.37. The smallest absolute Gasteiger partial charge is 0.168 e. The van der Waals surface area contributed by atoms with Crippen molar-refractivity contribution in [2.75, 3.05) is 7.11 Å². The van der Waals surface area contributed by atoms with Crippen LogP contribution in [0, 0.1) is 13.8 Å². The number of benzene rings is 1. The second-order valence-corrected chi connectivity index (χ2v) is 4.06. The number of carbonyl (C=O) groups is 1. The molecule has 1 aromatic heterocycles. The third kappa shape index (κ3) is 2.37. The van der Waals surface area contributed by atoms with Crippen molar-refractivity contribution in [2.24, 2.45) is 0 Å². The van der Waals surface area contributed by atoms with Crippen molar-refractivity contribution < 1.29 is 9.53 Å². The van der Waals surface area contributed by atoms with Gasteiger partial charge in [-0.3, -0.25) is 4.79 Å². The number of ether oxygens (including phenoxy) is 1. The van der Waals surface area contributed by atoms with Gasteiger partial charge in [-0.05, 0) is 43.7 Å². The van der Waals surface area contributed by atoms with Crippen molar-refractivity contribution in [1.29, 1.82) is 0 Å². The van der Waals surface area contributed by atoms with Crippen molar-refractivity contribution >= 4 is 6.29 Å². The Hall–Kier alpha value is -2.23. The lowest BCUT2D eigenvalue weighted by molar-refractivity contribution is 0.111. The van der Waals surface area contributed by atoms with Gasteiger partial charge in [-0.15, -0.1) is 0 Å². The first-order valence-electron chi connectivity index (χ1n) is 5.60. The van der Waals surface area contributed by atoms with Gasteiger partial charge in [-0.1, -0.05) is 0 Å². The minimum Gasteiger partial charge on any atom is -0.496 e. The number of aryl methyl sites for hydroxylation is 2. The maximum Gasteiger partial charge on any atom is 0.168 e. The molecule has 0 aliphatic carbocycles. The minimum absolute atomic E-state index is 0.394. The number of methoxy groups -OCH3 is 1. The van der Waals surface area contributed by atoms with E-state index >= 15 is 0 Å². The van der Waals surface area contributed by atoms with Gasteiger partial charge in [0.05, 0.1) is 7.11 Å². The van der Waals surface area contributed by atoms with E-state index in [1.54, 1.807) is 13.2 Å². The lowest BCUT2D eigenvalue weighted by Crippen LogP contribution is -1.97. The summed E-state index contributed by atoms with van der Waals surface area (Å²) in [5.41, 5.74) is 3.05. The largest absolute Gasteiger partial charge is 0.496 e. The Bertz CT molecular complexity index is 594. The van der Waals surface area contributed by atoms with Gasteiger partial charge >= 0.3 is 0 Å². The second kappa shape index (κ2) is 4.96. The first kappa shape index (κ1) is 12.2. The highest BCUT2D eigenvalue weighted by molar-refractivity contribution is 5.73. The molecule has 2 aromatic rings. The molecule has 4 heteroatoms. The highest BCUT2D eigenvalue weighted by atomic mass is 16.5. The molecule has 0 unspecified atom stereocenters. The number of nitrogens with zero attached hydrogens (tertiary/aromatic N) is 2. The van der Waals surface area contributed by atoms with E-state index in [4.69, 9.17) is 4.74 Å². The Morgan fingerprint density at radius 1 is 1.17 bits per heavy atom. The van der Waals surface area contributed by atoms with Gasteiger partial charge < -0.3 is 4.74 Å². The Labute approximate surface area is 106 Å². The van der Waals surface area contributed by atoms with E-state index in [1.165, 1.54) is 0 Å². The topological polar surface area (TPSA) is 52.1 Å². The lowest BCUT2D eigenvalue weighted by atomic mass is 10.1. The molecular formula is C14H14N2O2. The number of aromatic nitrogens is 2. The van der Waals surface area contributed by atoms with Gasteiger partial charge in [0.15, 0.2) is 12.1 Å². The third-order valence-corrected chi connectivity index (χ3v) is 2.65. The van der Waals surface area contributed by atoms with Crippen LogP contribution in [0.25, 0.3) is 11.4 Å². The average molecular weight is 242 g/mol. The van der Waals surface area contributed by atoms with E-state index in [-0.39, 0.29) is 0 Å². The summed E-state index contributed by atoms with van der Waals surface area (Å²) in [5.74, 6) is 1.38. The summed E-state index contributed by atoms with van der Waals surface area (Å²) in [7, 11) is 1.63. The zero-order valence-corrected chi connectivity index (χ0v) is 10.6. The molecule has 0 amide bonds. The molecule has 0 aliphatic heterocycles. The van der Waals surface area contributed by atoms with Crippen LogP contribution in [0.1, 0.15) is 21.7 Å². The van der Waals surface area contributed by atoms with Gasteiger partial charge in [0, 0.05) is 11.3 Å². The van der Waals surface area contributed by atoms with Crippen molar-refractivity contribution in [3.05, 3.63) is 41.2 Å². The molecule has 0 radical (unpaired) electrons. The fourth-order valence-corrected chi connectivity index (χ4v) is 1.80. The van der Waals surface area contributed by atoms with Crippen LogP contribution >= 0.6 is 0 Å². The number of hydrogen-bond acceptors (Lipinski definition) is 4. The van der Waals surface area contributed by atoms with E-state index in [0.717, 1.165) is 28.9 Å². The summed E-state index contributed by atoms with van der Waals surface area (Å²) in [6, 6.07) is 7.36. The molecule has 1 heterocycles. The third-order valence-electron chi connectivity index (χ3n) is 2.65. The summed E-state index contributed by atoms with van der Waals surface area (Å²) < 4.78 is 5.21. The maximum atomic E-state index is 10.8. The van der Waals surface area contributed by atoms with E-state index in [1.807, 2.05) is 32.0 Å². The van der Waals surface area contributed by atoms with Crippen LogP contribution in [0.2, 0.25) is 0 Å². The molecule has 0 saturated carbocycles. The van der Waals surface area contributed by atoms with Crippen molar-refractivity contribution in [3.63, 3.8) is 0 Å². The summed E-state index contributed by atoms with van der Waals surface area (Å²) >= 11 is 0. The van der Waals surface area contributed by atoms with Crippen molar-refractivity contribution in [3.8, 4) is 17.1 Å². The summed E-state index contributed by atoms with van der Waals surface area (Å²) in [6.07, 6.45) is 0.731. The van der Waals surface area contributed by atoms with E-state index in [0.29, 0.717) is 11.5 Å². The summed E-state index contributed by atoms with van der Waals surface area (Å²) in [5, 5.41) is 0. The molecule has 4 nitrogen and oxygen atoms in total. The van der Waals surface area contributed by atoms with Crippen LogP contribution in [-0.4, -0.2) is 23.4 Å². The van der Waals surface area contributed by atoms with Gasteiger partial charge in [-0.2, -0.15) is 0 Å². The first-order valence-corrected chi connectivity index (χ1v) is 5.60. The van der Waals surface area contributed by atoms with E-state index in [9.17, 15) is 4.79 Å². The highest BCUT2D eigenvalue weighted by Crippen LogP contribution is 2.24.